The van der Waals surface area contributed by atoms with Crippen LogP contribution in [0.2, 0.25) is 0 Å². The highest BCUT2D eigenvalue weighted by Crippen LogP contribution is 2.26. The van der Waals surface area contributed by atoms with Crippen LogP contribution in [0.15, 0.2) is 18.2 Å². The molecule has 1 aromatic rings. The molecule has 0 N–H and O–H groups in total. The number of rotatable bonds is 4. The molecule has 3 heteroatoms. The number of carbonyl (C=O) groups is 1. The Kier molecular flexibility index (Phi) is 3.79. The fraction of sp³-hybridized carbons (Fsp3) is 0.500. The average molecular weight is 233 g/mol. The Hall–Kier alpha value is -1.35. The van der Waals surface area contributed by atoms with E-state index < -0.39 is 0 Å². The van der Waals surface area contributed by atoms with Gasteiger partial charge in [-0.1, -0.05) is 12.1 Å². The van der Waals surface area contributed by atoms with Gasteiger partial charge in [-0.2, -0.15) is 0 Å². The van der Waals surface area contributed by atoms with Crippen molar-refractivity contribution in [1.82, 2.24) is 4.90 Å². The number of nitrogens with zero attached hydrogens (tertiary/aromatic N) is 1. The lowest BCUT2D eigenvalue weighted by atomic mass is 10.1. The van der Waals surface area contributed by atoms with Gasteiger partial charge in [0, 0.05) is 12.1 Å². The average Bonchev–Trinajstić information content (AvgIpc) is 2.81. The number of likely N-dealkylation sites (tertiary alicyclic amines) is 1. The maximum atomic E-state index is 11.5. The minimum Gasteiger partial charge on any atom is -0.496 e. The first-order valence-electron chi connectivity index (χ1n) is 6.11. The fourth-order valence-electron chi connectivity index (χ4n) is 2.41. The second kappa shape index (κ2) is 5.32. The molecule has 0 spiro atoms. The Morgan fingerprint density at radius 2 is 2.06 bits per heavy atom. The molecule has 1 fully saturated rings. The molecular formula is C14H19NO2. The van der Waals surface area contributed by atoms with Crippen molar-refractivity contribution in [1.29, 1.82) is 0 Å². The van der Waals surface area contributed by atoms with Gasteiger partial charge in [-0.05, 0) is 38.9 Å². The van der Waals surface area contributed by atoms with Crippen molar-refractivity contribution >= 4 is 5.78 Å². The zero-order valence-corrected chi connectivity index (χ0v) is 10.5. The van der Waals surface area contributed by atoms with Gasteiger partial charge in [0.25, 0.3) is 0 Å². The molecule has 1 heterocycles. The maximum Gasteiger partial charge on any atom is 0.163 e. The maximum absolute atomic E-state index is 11.5. The van der Waals surface area contributed by atoms with Crippen molar-refractivity contribution in [3.05, 3.63) is 29.3 Å². The fourth-order valence-corrected chi connectivity index (χ4v) is 2.41. The molecule has 0 aliphatic carbocycles. The molecule has 3 nitrogen and oxygen atoms in total. The summed E-state index contributed by atoms with van der Waals surface area (Å²) in [6, 6.07) is 5.81. The standard InChI is InChI=1S/C14H19NO2/c1-11(16)13-7-5-6-12(14(13)17-2)10-15-8-3-4-9-15/h5-7H,3-4,8-10H2,1-2H3. The summed E-state index contributed by atoms with van der Waals surface area (Å²) in [6.07, 6.45) is 2.55. The molecule has 0 aromatic heterocycles. The van der Waals surface area contributed by atoms with Crippen LogP contribution in [-0.4, -0.2) is 30.9 Å². The second-order valence-electron chi connectivity index (χ2n) is 4.54. The van der Waals surface area contributed by atoms with Gasteiger partial charge in [-0.3, -0.25) is 9.69 Å². The summed E-state index contributed by atoms with van der Waals surface area (Å²) in [4.78, 5) is 13.9. The van der Waals surface area contributed by atoms with Crippen LogP contribution < -0.4 is 4.74 Å². The van der Waals surface area contributed by atoms with Crippen LogP contribution >= 0.6 is 0 Å². The van der Waals surface area contributed by atoms with E-state index in [0.29, 0.717) is 5.56 Å². The second-order valence-corrected chi connectivity index (χ2v) is 4.54. The van der Waals surface area contributed by atoms with Gasteiger partial charge in [0.15, 0.2) is 5.78 Å². The highest BCUT2D eigenvalue weighted by atomic mass is 16.5. The first kappa shape index (κ1) is 12.1. The smallest absolute Gasteiger partial charge is 0.163 e. The molecule has 1 saturated heterocycles. The number of hydrogen-bond donors (Lipinski definition) is 0. The Balaban J connectivity index is 2.25. The summed E-state index contributed by atoms with van der Waals surface area (Å²) < 4.78 is 5.40. The Morgan fingerprint density at radius 1 is 1.35 bits per heavy atom. The van der Waals surface area contributed by atoms with Crippen molar-refractivity contribution in [2.75, 3.05) is 20.2 Å². The SMILES string of the molecule is COc1c(CN2CCCC2)cccc1C(C)=O. The lowest BCUT2D eigenvalue weighted by Crippen LogP contribution is -2.19. The van der Waals surface area contributed by atoms with E-state index in [-0.39, 0.29) is 5.78 Å². The van der Waals surface area contributed by atoms with Crippen molar-refractivity contribution in [3.8, 4) is 5.75 Å². The van der Waals surface area contributed by atoms with Crippen LogP contribution in [0.3, 0.4) is 0 Å². The van der Waals surface area contributed by atoms with Crippen LogP contribution in [0.25, 0.3) is 0 Å². The highest BCUT2D eigenvalue weighted by Gasteiger charge is 2.17. The van der Waals surface area contributed by atoms with E-state index in [1.54, 1.807) is 14.0 Å². The largest absolute Gasteiger partial charge is 0.496 e. The number of ether oxygens (including phenoxy) is 1. The quantitative estimate of drug-likeness (QED) is 0.748. The third-order valence-corrected chi connectivity index (χ3v) is 3.27. The normalized spacial score (nSPS) is 16.1. The van der Waals surface area contributed by atoms with Gasteiger partial charge >= 0.3 is 0 Å². The first-order valence-corrected chi connectivity index (χ1v) is 6.11. The molecule has 0 radical (unpaired) electrons. The number of para-hydroxylation sites is 1. The molecule has 0 bridgehead atoms. The van der Waals surface area contributed by atoms with E-state index in [1.807, 2.05) is 18.2 Å². The predicted molar refractivity (Wildman–Crippen MR) is 67.5 cm³/mol. The minimum atomic E-state index is 0.0603. The third-order valence-electron chi connectivity index (χ3n) is 3.27. The molecule has 1 aliphatic rings. The minimum absolute atomic E-state index is 0.0603. The monoisotopic (exact) mass is 233 g/mol. The van der Waals surface area contributed by atoms with Gasteiger partial charge < -0.3 is 4.74 Å². The summed E-state index contributed by atoms with van der Waals surface area (Å²) >= 11 is 0. The summed E-state index contributed by atoms with van der Waals surface area (Å²) in [7, 11) is 1.63. The topological polar surface area (TPSA) is 29.5 Å². The van der Waals surface area contributed by atoms with Crippen LogP contribution in [0.5, 0.6) is 5.75 Å². The lowest BCUT2D eigenvalue weighted by Gasteiger charge is -2.18. The summed E-state index contributed by atoms with van der Waals surface area (Å²) in [6.45, 7) is 4.75. The Morgan fingerprint density at radius 3 is 2.65 bits per heavy atom. The molecule has 0 amide bonds. The van der Waals surface area contributed by atoms with E-state index >= 15 is 0 Å². The van der Waals surface area contributed by atoms with Crippen molar-refractivity contribution in [3.63, 3.8) is 0 Å². The van der Waals surface area contributed by atoms with E-state index in [2.05, 4.69) is 4.90 Å². The third kappa shape index (κ3) is 2.67. The summed E-state index contributed by atoms with van der Waals surface area (Å²) in [5.74, 6) is 0.803. The van der Waals surface area contributed by atoms with Crippen molar-refractivity contribution in [2.24, 2.45) is 0 Å². The van der Waals surface area contributed by atoms with Crippen LogP contribution in [0.4, 0.5) is 0 Å². The summed E-state index contributed by atoms with van der Waals surface area (Å²) in [5.41, 5.74) is 1.80. The molecule has 1 aliphatic heterocycles. The first-order chi connectivity index (χ1) is 8.22. The van der Waals surface area contributed by atoms with E-state index in [0.717, 1.165) is 30.9 Å². The summed E-state index contributed by atoms with van der Waals surface area (Å²) in [5, 5.41) is 0. The van der Waals surface area contributed by atoms with Crippen LogP contribution in [-0.2, 0) is 6.54 Å². The van der Waals surface area contributed by atoms with Gasteiger partial charge in [0.05, 0.1) is 12.7 Å². The van der Waals surface area contributed by atoms with E-state index in [9.17, 15) is 4.79 Å². The number of benzene rings is 1. The van der Waals surface area contributed by atoms with Gasteiger partial charge in [0.1, 0.15) is 5.75 Å². The zero-order chi connectivity index (χ0) is 12.3. The molecular weight excluding hydrogens is 214 g/mol. The predicted octanol–water partition coefficient (Wildman–Crippen LogP) is 2.49. The van der Waals surface area contributed by atoms with Gasteiger partial charge in [0.2, 0.25) is 0 Å². The molecule has 92 valence electrons. The molecule has 0 unspecified atom stereocenters. The van der Waals surface area contributed by atoms with Crippen LogP contribution in [0.1, 0.15) is 35.7 Å². The van der Waals surface area contributed by atoms with Crippen molar-refractivity contribution in [2.45, 2.75) is 26.3 Å². The van der Waals surface area contributed by atoms with Crippen LogP contribution in [0, 0.1) is 0 Å². The zero-order valence-electron chi connectivity index (χ0n) is 10.5. The highest BCUT2D eigenvalue weighted by molar-refractivity contribution is 5.97. The van der Waals surface area contributed by atoms with Gasteiger partial charge in [-0.25, -0.2) is 0 Å². The number of methoxy groups -OCH3 is 1. The molecule has 0 atom stereocenters. The molecule has 1 aromatic carbocycles. The number of hydrogen-bond acceptors (Lipinski definition) is 3. The lowest BCUT2D eigenvalue weighted by molar-refractivity contribution is 0.101. The Labute approximate surface area is 102 Å². The van der Waals surface area contributed by atoms with E-state index in [1.165, 1.54) is 12.8 Å². The Bertz CT molecular complexity index is 409. The number of Topliss-reactive ketones (excluding diaryl/α,β-unsaturated/α-hetero) is 1. The molecule has 2 rings (SSSR count). The molecule has 17 heavy (non-hydrogen) atoms. The van der Waals surface area contributed by atoms with Crippen molar-refractivity contribution < 1.29 is 9.53 Å². The number of ketones is 1. The number of carbonyl (C=O) groups excluding carboxylic acids is 1. The van der Waals surface area contributed by atoms with E-state index in [4.69, 9.17) is 4.74 Å². The molecule has 0 saturated carbocycles. The van der Waals surface area contributed by atoms with Gasteiger partial charge in [-0.15, -0.1) is 0 Å².